The number of rotatable bonds is 3. The summed E-state index contributed by atoms with van der Waals surface area (Å²) in [6, 6.07) is 2.00. The molecule has 17 heavy (non-hydrogen) atoms. The number of H-pyrrole nitrogens is 1. The largest absolute Gasteiger partial charge is 0.396 e. The maximum absolute atomic E-state index is 11.9. The van der Waals surface area contributed by atoms with Gasteiger partial charge in [0.05, 0.1) is 4.88 Å². The number of nitrogens with one attached hydrogen (secondary N) is 1. The summed E-state index contributed by atoms with van der Waals surface area (Å²) < 4.78 is 0. The molecule has 0 spiro atoms. The first-order valence-corrected chi connectivity index (χ1v) is 6.26. The van der Waals surface area contributed by atoms with Gasteiger partial charge in [0, 0.05) is 24.3 Å². The summed E-state index contributed by atoms with van der Waals surface area (Å²) in [5.41, 5.74) is 2.19. The van der Waals surface area contributed by atoms with E-state index in [0.29, 0.717) is 23.5 Å². The van der Waals surface area contributed by atoms with Crippen LogP contribution in [-0.2, 0) is 6.42 Å². The molecule has 0 bridgehead atoms. The summed E-state index contributed by atoms with van der Waals surface area (Å²) in [6.07, 6.45) is 0.345. The third kappa shape index (κ3) is 2.30. The molecule has 2 N–H and O–H groups in total. The molecule has 0 atom stereocenters. The minimum absolute atomic E-state index is 0.0387. The van der Waals surface area contributed by atoms with Gasteiger partial charge in [-0.05, 0) is 30.9 Å². The summed E-state index contributed by atoms with van der Waals surface area (Å²) in [5.74, 6) is 0.613. The number of aromatic amines is 1. The van der Waals surface area contributed by atoms with E-state index in [1.807, 2.05) is 18.4 Å². The highest BCUT2D eigenvalue weighted by Crippen LogP contribution is 2.25. The van der Waals surface area contributed by atoms with Gasteiger partial charge in [-0.1, -0.05) is 0 Å². The lowest BCUT2D eigenvalue weighted by molar-refractivity contribution is 0.298. The Morgan fingerprint density at radius 1 is 1.47 bits per heavy atom. The maximum Gasteiger partial charge on any atom is 0.254 e. The van der Waals surface area contributed by atoms with Crippen LogP contribution in [0.1, 0.15) is 16.8 Å². The van der Waals surface area contributed by atoms with Crippen LogP contribution in [0.2, 0.25) is 0 Å². The summed E-state index contributed by atoms with van der Waals surface area (Å²) in [4.78, 5) is 20.0. The Labute approximate surface area is 103 Å². The zero-order chi connectivity index (χ0) is 12.4. The van der Waals surface area contributed by atoms with Gasteiger partial charge in [-0.25, -0.2) is 4.98 Å². The van der Waals surface area contributed by atoms with Crippen molar-refractivity contribution in [1.82, 2.24) is 9.97 Å². The molecule has 2 rings (SSSR count). The van der Waals surface area contributed by atoms with Crippen LogP contribution in [0.4, 0.5) is 0 Å². The normalized spacial score (nSPS) is 10.8. The van der Waals surface area contributed by atoms with Crippen LogP contribution < -0.4 is 5.56 Å². The Hall–Kier alpha value is -1.46. The van der Waals surface area contributed by atoms with Crippen LogP contribution in [0, 0.1) is 13.8 Å². The van der Waals surface area contributed by atoms with Crippen LogP contribution in [0.15, 0.2) is 16.2 Å². The molecular formula is C12H14N2O2S. The van der Waals surface area contributed by atoms with Crippen molar-refractivity contribution >= 4 is 11.3 Å². The van der Waals surface area contributed by atoms with Gasteiger partial charge in [-0.2, -0.15) is 0 Å². The molecule has 2 aromatic heterocycles. The number of nitrogens with zero attached hydrogens (tertiary/aromatic N) is 1. The number of aliphatic hydroxyl groups excluding tert-OH is 1. The standard InChI is InChI=1S/C12H14N2O2S/c1-7-4-6-17-10(7)11-13-8(2)9(3-5-15)12(16)14-11/h4,6,15H,3,5H2,1-2H3,(H,13,14,16). The molecule has 90 valence electrons. The molecule has 0 aliphatic heterocycles. The molecule has 2 aromatic rings. The number of aliphatic hydroxyl groups is 1. The first-order chi connectivity index (χ1) is 8.13. The monoisotopic (exact) mass is 250 g/mol. The molecular weight excluding hydrogens is 236 g/mol. The molecule has 5 heteroatoms. The van der Waals surface area contributed by atoms with Gasteiger partial charge >= 0.3 is 0 Å². The van der Waals surface area contributed by atoms with Gasteiger partial charge in [0.25, 0.3) is 5.56 Å². The van der Waals surface area contributed by atoms with E-state index in [9.17, 15) is 4.79 Å². The Morgan fingerprint density at radius 3 is 2.76 bits per heavy atom. The maximum atomic E-state index is 11.9. The predicted octanol–water partition coefficient (Wildman–Crippen LogP) is 1.65. The van der Waals surface area contributed by atoms with E-state index in [1.54, 1.807) is 18.3 Å². The quantitative estimate of drug-likeness (QED) is 0.870. The van der Waals surface area contributed by atoms with E-state index in [0.717, 1.165) is 10.4 Å². The SMILES string of the molecule is Cc1ccsc1-c1nc(C)c(CCO)c(=O)[nH]1. The van der Waals surface area contributed by atoms with E-state index < -0.39 is 0 Å². The second-order valence-corrected chi connectivity index (χ2v) is 4.80. The summed E-state index contributed by atoms with van der Waals surface area (Å²) in [5, 5.41) is 10.9. The lowest BCUT2D eigenvalue weighted by Crippen LogP contribution is -2.18. The lowest BCUT2D eigenvalue weighted by Gasteiger charge is -2.05. The van der Waals surface area contributed by atoms with Crippen molar-refractivity contribution in [3.05, 3.63) is 38.6 Å². The van der Waals surface area contributed by atoms with Crippen molar-refractivity contribution in [1.29, 1.82) is 0 Å². The molecule has 0 aliphatic carbocycles. The highest BCUT2D eigenvalue weighted by molar-refractivity contribution is 7.13. The number of aryl methyl sites for hydroxylation is 2. The van der Waals surface area contributed by atoms with Crippen molar-refractivity contribution in [3.8, 4) is 10.7 Å². The Morgan fingerprint density at radius 2 is 2.24 bits per heavy atom. The highest BCUT2D eigenvalue weighted by Gasteiger charge is 2.11. The van der Waals surface area contributed by atoms with Crippen molar-refractivity contribution < 1.29 is 5.11 Å². The van der Waals surface area contributed by atoms with Gasteiger partial charge in [-0.3, -0.25) is 4.79 Å². The van der Waals surface area contributed by atoms with Crippen molar-refractivity contribution in [2.24, 2.45) is 0 Å². The predicted molar refractivity (Wildman–Crippen MR) is 68.4 cm³/mol. The highest BCUT2D eigenvalue weighted by atomic mass is 32.1. The van der Waals surface area contributed by atoms with Crippen molar-refractivity contribution in [3.63, 3.8) is 0 Å². The minimum atomic E-state index is -0.158. The van der Waals surface area contributed by atoms with Crippen LogP contribution in [0.3, 0.4) is 0 Å². The number of hydrogen-bond acceptors (Lipinski definition) is 4. The molecule has 2 heterocycles. The van der Waals surface area contributed by atoms with Gasteiger partial charge < -0.3 is 10.1 Å². The summed E-state index contributed by atoms with van der Waals surface area (Å²) in [7, 11) is 0. The Kier molecular flexibility index (Phi) is 3.40. The third-order valence-electron chi connectivity index (χ3n) is 2.66. The lowest BCUT2D eigenvalue weighted by atomic mass is 10.2. The molecule has 0 saturated heterocycles. The molecule has 0 unspecified atom stereocenters. The first kappa shape index (κ1) is 12.0. The number of aromatic nitrogens is 2. The van der Waals surface area contributed by atoms with E-state index >= 15 is 0 Å². The van der Waals surface area contributed by atoms with E-state index in [-0.39, 0.29) is 12.2 Å². The fourth-order valence-corrected chi connectivity index (χ4v) is 2.61. The second kappa shape index (κ2) is 4.81. The summed E-state index contributed by atoms with van der Waals surface area (Å²) >= 11 is 1.56. The van der Waals surface area contributed by atoms with Gasteiger partial charge in [-0.15, -0.1) is 11.3 Å². The zero-order valence-corrected chi connectivity index (χ0v) is 10.6. The Balaban J connectivity index is 2.53. The van der Waals surface area contributed by atoms with Crippen LogP contribution in [-0.4, -0.2) is 21.7 Å². The van der Waals surface area contributed by atoms with Crippen molar-refractivity contribution in [2.75, 3.05) is 6.61 Å². The van der Waals surface area contributed by atoms with E-state index in [2.05, 4.69) is 9.97 Å². The number of hydrogen-bond donors (Lipinski definition) is 2. The molecule has 0 radical (unpaired) electrons. The smallest absolute Gasteiger partial charge is 0.254 e. The molecule has 0 fully saturated rings. The first-order valence-electron chi connectivity index (χ1n) is 5.38. The molecule has 0 aromatic carbocycles. The average molecular weight is 250 g/mol. The van der Waals surface area contributed by atoms with E-state index in [4.69, 9.17) is 5.11 Å². The molecule has 0 saturated carbocycles. The topological polar surface area (TPSA) is 66.0 Å². The average Bonchev–Trinajstić information content (AvgIpc) is 2.69. The zero-order valence-electron chi connectivity index (χ0n) is 9.78. The fourth-order valence-electron chi connectivity index (χ4n) is 1.74. The van der Waals surface area contributed by atoms with Crippen molar-refractivity contribution in [2.45, 2.75) is 20.3 Å². The molecule has 0 aliphatic rings. The number of thiophene rings is 1. The van der Waals surface area contributed by atoms with Crippen LogP contribution in [0.25, 0.3) is 10.7 Å². The van der Waals surface area contributed by atoms with Gasteiger partial charge in [0.1, 0.15) is 0 Å². The summed E-state index contributed by atoms with van der Waals surface area (Å²) in [6.45, 7) is 3.75. The molecule has 4 nitrogen and oxygen atoms in total. The van der Waals surface area contributed by atoms with Crippen LogP contribution in [0.5, 0.6) is 0 Å². The van der Waals surface area contributed by atoms with Gasteiger partial charge in [0.2, 0.25) is 0 Å². The minimum Gasteiger partial charge on any atom is -0.396 e. The Bertz CT molecular complexity index is 586. The van der Waals surface area contributed by atoms with Gasteiger partial charge in [0.15, 0.2) is 5.82 Å². The van der Waals surface area contributed by atoms with Crippen LogP contribution >= 0.6 is 11.3 Å². The molecule has 0 amide bonds. The fraction of sp³-hybridized carbons (Fsp3) is 0.333. The second-order valence-electron chi connectivity index (χ2n) is 3.88. The van der Waals surface area contributed by atoms with E-state index in [1.165, 1.54) is 0 Å². The third-order valence-corrected chi connectivity index (χ3v) is 3.68.